The van der Waals surface area contributed by atoms with Gasteiger partial charge in [0.15, 0.2) is 0 Å². The molecule has 0 spiro atoms. The standard InChI is InChI=1S/C32H46IN7O5/c1-3-31(42)40-13-11-39(12-14-40)30-17-23(16-29(38-30)37-25-5-4-6-25)32(43)36-19-27(45-33)10-8-22-7-9-26(15-24(22)18-34)44-20-28(41)21(2)35/h4-5,7,9,15-17,21,25,27-28,41H,3,6,8,10-14,18-20,34-35H2,1-2H3,(H,36,43)(H,37,38). The fourth-order valence-electron chi connectivity index (χ4n) is 5.12. The summed E-state index contributed by atoms with van der Waals surface area (Å²) in [4.78, 5) is 34.4. The number of hydrogen-bond acceptors (Lipinski definition) is 10. The first-order chi connectivity index (χ1) is 21.7. The number of nitrogens with zero attached hydrogens (tertiary/aromatic N) is 3. The molecule has 1 aliphatic carbocycles. The van der Waals surface area contributed by atoms with Gasteiger partial charge in [-0.15, -0.1) is 0 Å². The minimum atomic E-state index is -0.752. The van der Waals surface area contributed by atoms with Crippen LogP contribution in [-0.4, -0.2) is 90.4 Å². The lowest BCUT2D eigenvalue weighted by Crippen LogP contribution is -2.49. The number of halogens is 1. The first-order valence-corrected chi connectivity index (χ1v) is 16.5. The summed E-state index contributed by atoms with van der Waals surface area (Å²) in [6.45, 7) is 6.97. The highest BCUT2D eigenvalue weighted by atomic mass is 127. The number of anilines is 2. The van der Waals surface area contributed by atoms with Crippen molar-refractivity contribution in [3.63, 3.8) is 0 Å². The van der Waals surface area contributed by atoms with Crippen LogP contribution in [0, 0.1) is 0 Å². The SMILES string of the molecule is CCC(=O)N1CCN(c2cc(C(=O)NCC(CCc3ccc(OCC(O)C(C)N)cc3CN)OI)cc(NC3C=CC3)n2)CC1. The second kappa shape index (κ2) is 17.1. The summed E-state index contributed by atoms with van der Waals surface area (Å²) in [6.07, 6.45) is 5.98. The fraction of sp³-hybridized carbons (Fsp3) is 0.531. The molecule has 2 amide bonds. The number of carbonyl (C=O) groups is 2. The number of benzene rings is 1. The predicted molar refractivity (Wildman–Crippen MR) is 184 cm³/mol. The average Bonchev–Trinajstić information content (AvgIpc) is 3.04. The van der Waals surface area contributed by atoms with E-state index in [0.717, 1.165) is 17.5 Å². The van der Waals surface area contributed by atoms with Gasteiger partial charge in [-0.3, -0.25) is 9.59 Å². The van der Waals surface area contributed by atoms with Crippen molar-refractivity contribution in [1.29, 1.82) is 0 Å². The second-order valence-corrected chi connectivity index (χ2v) is 12.1. The third-order valence-corrected chi connectivity index (χ3v) is 8.92. The van der Waals surface area contributed by atoms with Crippen LogP contribution in [0.4, 0.5) is 11.6 Å². The van der Waals surface area contributed by atoms with Crippen LogP contribution in [0.1, 0.15) is 54.6 Å². The molecular weight excluding hydrogens is 689 g/mol. The molecule has 1 saturated heterocycles. The Balaban J connectivity index is 1.36. The van der Waals surface area contributed by atoms with Crippen molar-refractivity contribution in [2.75, 3.05) is 49.5 Å². The number of aliphatic hydroxyl groups excluding tert-OH is 1. The number of carbonyl (C=O) groups excluding carboxylic acids is 2. The van der Waals surface area contributed by atoms with Crippen molar-refractivity contribution >= 4 is 46.5 Å². The van der Waals surface area contributed by atoms with E-state index in [0.29, 0.717) is 81.5 Å². The van der Waals surface area contributed by atoms with Gasteiger partial charge in [-0.1, -0.05) is 25.1 Å². The van der Waals surface area contributed by atoms with Crippen LogP contribution >= 0.6 is 23.0 Å². The van der Waals surface area contributed by atoms with Crippen LogP contribution in [0.2, 0.25) is 0 Å². The number of amides is 2. The Morgan fingerprint density at radius 3 is 2.56 bits per heavy atom. The number of pyridine rings is 1. The molecule has 2 heterocycles. The highest BCUT2D eigenvalue weighted by Gasteiger charge is 2.23. The van der Waals surface area contributed by atoms with Gasteiger partial charge in [-0.05, 0) is 61.6 Å². The number of aliphatic hydroxyl groups is 1. The lowest BCUT2D eigenvalue weighted by molar-refractivity contribution is -0.131. The molecule has 1 aromatic heterocycles. The van der Waals surface area contributed by atoms with E-state index < -0.39 is 6.10 Å². The van der Waals surface area contributed by atoms with Gasteiger partial charge in [0.2, 0.25) is 5.91 Å². The molecule has 12 nitrogen and oxygen atoms in total. The van der Waals surface area contributed by atoms with E-state index in [1.54, 1.807) is 13.0 Å². The number of nitrogens with one attached hydrogen (secondary N) is 2. The monoisotopic (exact) mass is 735 g/mol. The maximum atomic E-state index is 13.4. The molecule has 1 aromatic carbocycles. The van der Waals surface area contributed by atoms with Crippen LogP contribution in [-0.2, 0) is 20.8 Å². The zero-order chi connectivity index (χ0) is 32.3. The van der Waals surface area contributed by atoms with Gasteiger partial charge in [-0.2, -0.15) is 0 Å². The molecule has 45 heavy (non-hydrogen) atoms. The molecule has 7 N–H and O–H groups in total. The van der Waals surface area contributed by atoms with Crippen molar-refractivity contribution in [3.05, 3.63) is 59.2 Å². The van der Waals surface area contributed by atoms with Crippen LogP contribution in [0.5, 0.6) is 5.75 Å². The number of aryl methyl sites for hydroxylation is 1. The summed E-state index contributed by atoms with van der Waals surface area (Å²) in [5, 5.41) is 16.4. The molecular formula is C32H46IN7O5. The Kier molecular flexibility index (Phi) is 13.2. The van der Waals surface area contributed by atoms with E-state index in [4.69, 9.17) is 24.3 Å². The molecule has 0 saturated carbocycles. The molecule has 1 fully saturated rings. The van der Waals surface area contributed by atoms with Crippen molar-refractivity contribution in [3.8, 4) is 5.75 Å². The summed E-state index contributed by atoms with van der Waals surface area (Å²) < 4.78 is 11.4. The van der Waals surface area contributed by atoms with Gasteiger partial charge in [0.25, 0.3) is 5.91 Å². The van der Waals surface area contributed by atoms with Crippen LogP contribution in [0.25, 0.3) is 0 Å². The number of piperazine rings is 1. The third-order valence-electron chi connectivity index (χ3n) is 8.20. The molecule has 1 aliphatic heterocycles. The Bertz CT molecular complexity index is 1320. The first-order valence-electron chi connectivity index (χ1n) is 15.6. The minimum absolute atomic E-state index is 0.107. The van der Waals surface area contributed by atoms with E-state index in [1.165, 1.54) is 0 Å². The summed E-state index contributed by atoms with van der Waals surface area (Å²) >= 11 is 1.88. The molecule has 0 radical (unpaired) electrons. The molecule has 2 aromatic rings. The van der Waals surface area contributed by atoms with Crippen molar-refractivity contribution in [2.24, 2.45) is 11.5 Å². The number of ether oxygens (including phenoxy) is 1. The summed E-state index contributed by atoms with van der Waals surface area (Å²) in [5.74, 6) is 1.94. The van der Waals surface area contributed by atoms with E-state index in [1.807, 2.05) is 59.1 Å². The van der Waals surface area contributed by atoms with Gasteiger partial charge >= 0.3 is 0 Å². The molecule has 246 valence electrons. The smallest absolute Gasteiger partial charge is 0.251 e. The Morgan fingerprint density at radius 1 is 1.18 bits per heavy atom. The molecule has 0 bridgehead atoms. The van der Waals surface area contributed by atoms with Crippen LogP contribution < -0.4 is 31.7 Å². The zero-order valence-corrected chi connectivity index (χ0v) is 28.2. The number of nitrogens with two attached hydrogens (primary N) is 2. The molecule has 4 unspecified atom stereocenters. The van der Waals surface area contributed by atoms with Gasteiger partial charge in [0, 0.05) is 63.3 Å². The van der Waals surface area contributed by atoms with E-state index in [-0.39, 0.29) is 36.6 Å². The van der Waals surface area contributed by atoms with E-state index >= 15 is 0 Å². The number of hydrogen-bond donors (Lipinski definition) is 5. The average molecular weight is 736 g/mol. The van der Waals surface area contributed by atoms with Crippen molar-refractivity contribution < 1.29 is 22.5 Å². The maximum Gasteiger partial charge on any atom is 0.251 e. The quantitative estimate of drug-likeness (QED) is 0.128. The van der Waals surface area contributed by atoms with Crippen molar-refractivity contribution in [1.82, 2.24) is 15.2 Å². The minimum Gasteiger partial charge on any atom is -0.491 e. The highest BCUT2D eigenvalue weighted by Crippen LogP contribution is 2.24. The maximum absolute atomic E-state index is 13.4. The lowest BCUT2D eigenvalue weighted by Gasteiger charge is -2.35. The Hall–Kier alpha value is -2.98. The fourth-order valence-corrected chi connectivity index (χ4v) is 5.56. The third kappa shape index (κ3) is 10.0. The normalized spacial score (nSPS) is 18.1. The number of aromatic nitrogens is 1. The molecule has 4 atom stereocenters. The van der Waals surface area contributed by atoms with E-state index in [9.17, 15) is 14.7 Å². The largest absolute Gasteiger partial charge is 0.491 e. The summed E-state index contributed by atoms with van der Waals surface area (Å²) in [6, 6.07) is 9.13. The van der Waals surface area contributed by atoms with Gasteiger partial charge < -0.3 is 44.8 Å². The Labute approximate surface area is 279 Å². The summed E-state index contributed by atoms with van der Waals surface area (Å²) in [5.41, 5.74) is 14.3. The van der Waals surface area contributed by atoms with Gasteiger partial charge in [-0.25, -0.2) is 4.98 Å². The highest BCUT2D eigenvalue weighted by molar-refractivity contribution is 14.1. The van der Waals surface area contributed by atoms with Crippen LogP contribution in [0.15, 0.2) is 42.5 Å². The van der Waals surface area contributed by atoms with Crippen molar-refractivity contribution in [2.45, 2.75) is 70.4 Å². The molecule has 4 rings (SSSR count). The summed E-state index contributed by atoms with van der Waals surface area (Å²) in [7, 11) is 0. The molecule has 13 heteroatoms. The predicted octanol–water partition coefficient (Wildman–Crippen LogP) is 2.52. The van der Waals surface area contributed by atoms with Gasteiger partial charge in [0.05, 0.1) is 6.10 Å². The zero-order valence-electron chi connectivity index (χ0n) is 26.1. The number of rotatable bonds is 16. The second-order valence-electron chi connectivity index (χ2n) is 11.6. The Morgan fingerprint density at radius 2 is 1.93 bits per heavy atom. The van der Waals surface area contributed by atoms with E-state index in [2.05, 4.69) is 27.7 Å². The molecule has 2 aliphatic rings. The first kappa shape index (κ1) is 34.9. The van der Waals surface area contributed by atoms with Gasteiger partial charge in [0.1, 0.15) is 53.1 Å². The lowest BCUT2D eigenvalue weighted by atomic mass is 10.0. The topological polar surface area (TPSA) is 168 Å². The van der Waals surface area contributed by atoms with Crippen LogP contribution in [0.3, 0.4) is 0 Å².